The maximum absolute atomic E-state index is 12.8. The summed E-state index contributed by atoms with van der Waals surface area (Å²) >= 11 is 0. The number of amides is 1. The van der Waals surface area contributed by atoms with Gasteiger partial charge in [-0.25, -0.2) is 4.98 Å². The van der Waals surface area contributed by atoms with E-state index in [0.29, 0.717) is 11.6 Å². The quantitative estimate of drug-likeness (QED) is 0.668. The van der Waals surface area contributed by atoms with Crippen LogP contribution < -0.4 is 5.32 Å². The van der Waals surface area contributed by atoms with E-state index >= 15 is 0 Å². The minimum absolute atomic E-state index is 0.120. The molecule has 1 atom stereocenters. The molecule has 3 aromatic rings. The Kier molecular flexibility index (Phi) is 4.03. The second-order valence-electron chi connectivity index (χ2n) is 7.18. The molecule has 0 saturated carbocycles. The zero-order chi connectivity index (χ0) is 17.4. The van der Waals surface area contributed by atoms with Gasteiger partial charge < -0.3 is 10.3 Å². The highest BCUT2D eigenvalue weighted by molar-refractivity contribution is 5.94. The van der Waals surface area contributed by atoms with Crippen LogP contribution in [0.1, 0.15) is 60.3 Å². The van der Waals surface area contributed by atoms with Crippen molar-refractivity contribution >= 4 is 16.9 Å². The minimum Gasteiger partial charge on any atom is -0.341 e. The van der Waals surface area contributed by atoms with Crippen molar-refractivity contribution in [3.63, 3.8) is 0 Å². The number of carbonyl (C=O) groups excluding carboxylic acids is 1. The normalized spacial score (nSPS) is 14.8. The summed E-state index contributed by atoms with van der Waals surface area (Å²) in [6.07, 6.45) is 3.81. The van der Waals surface area contributed by atoms with Crippen LogP contribution in [0.4, 0.5) is 0 Å². The smallest absolute Gasteiger partial charge is 0.272 e. The number of aryl methyl sites for hydroxylation is 1. The second-order valence-corrected chi connectivity index (χ2v) is 7.18. The van der Waals surface area contributed by atoms with Crippen LogP contribution in [0.25, 0.3) is 11.0 Å². The first-order valence-electron chi connectivity index (χ1n) is 8.93. The Labute approximate surface area is 146 Å². The average molecular weight is 337 g/mol. The summed E-state index contributed by atoms with van der Waals surface area (Å²) in [7, 11) is 0. The van der Waals surface area contributed by atoms with Crippen molar-refractivity contribution in [2.24, 2.45) is 5.92 Å². The molecular formula is C19H23N5O. The third kappa shape index (κ3) is 3.04. The molecule has 2 heterocycles. The van der Waals surface area contributed by atoms with Crippen LogP contribution in [0.5, 0.6) is 0 Å². The molecule has 4 rings (SSSR count). The number of fused-ring (bicyclic) bond motifs is 2. The van der Waals surface area contributed by atoms with E-state index in [1.54, 1.807) is 0 Å². The number of carbonyl (C=O) groups is 1. The third-order valence-corrected chi connectivity index (χ3v) is 4.77. The van der Waals surface area contributed by atoms with Crippen molar-refractivity contribution in [1.82, 2.24) is 25.5 Å². The van der Waals surface area contributed by atoms with Crippen molar-refractivity contribution in [3.8, 4) is 0 Å². The molecular weight excluding hydrogens is 314 g/mol. The largest absolute Gasteiger partial charge is 0.341 e. The summed E-state index contributed by atoms with van der Waals surface area (Å²) in [5, 5.41) is 10.4. The maximum atomic E-state index is 12.8. The maximum Gasteiger partial charge on any atom is 0.272 e. The highest BCUT2D eigenvalue weighted by Crippen LogP contribution is 2.25. The first-order chi connectivity index (χ1) is 12.1. The number of H-pyrrole nitrogens is 2. The molecule has 6 heteroatoms. The third-order valence-electron chi connectivity index (χ3n) is 4.77. The number of rotatable bonds is 5. The molecule has 0 saturated heterocycles. The van der Waals surface area contributed by atoms with Gasteiger partial charge >= 0.3 is 0 Å². The topological polar surface area (TPSA) is 86.5 Å². The minimum atomic E-state index is -0.159. The van der Waals surface area contributed by atoms with Gasteiger partial charge in [0.15, 0.2) is 5.69 Å². The molecule has 1 aliphatic carbocycles. The number of benzene rings is 1. The molecule has 1 unspecified atom stereocenters. The fourth-order valence-corrected chi connectivity index (χ4v) is 3.58. The van der Waals surface area contributed by atoms with Crippen LogP contribution in [0.15, 0.2) is 24.3 Å². The molecule has 6 nitrogen and oxygen atoms in total. The van der Waals surface area contributed by atoms with Gasteiger partial charge in [-0.2, -0.15) is 5.10 Å². The van der Waals surface area contributed by atoms with Crippen LogP contribution >= 0.6 is 0 Å². The van der Waals surface area contributed by atoms with Crippen molar-refractivity contribution in [2.45, 2.75) is 45.6 Å². The van der Waals surface area contributed by atoms with Gasteiger partial charge in [-0.1, -0.05) is 26.0 Å². The van der Waals surface area contributed by atoms with Gasteiger partial charge in [0, 0.05) is 11.3 Å². The van der Waals surface area contributed by atoms with Gasteiger partial charge in [0.2, 0.25) is 0 Å². The zero-order valence-corrected chi connectivity index (χ0v) is 14.6. The van der Waals surface area contributed by atoms with Crippen LogP contribution in [0.2, 0.25) is 0 Å². The fraction of sp³-hybridized carbons (Fsp3) is 0.421. The molecule has 0 spiro atoms. The lowest BCUT2D eigenvalue weighted by Gasteiger charge is -2.18. The van der Waals surface area contributed by atoms with Crippen LogP contribution in [-0.2, 0) is 12.8 Å². The number of nitrogens with one attached hydrogen (secondary N) is 3. The van der Waals surface area contributed by atoms with E-state index < -0.39 is 0 Å². The number of aromatic nitrogens is 4. The number of nitrogens with zero attached hydrogens (tertiary/aromatic N) is 2. The summed E-state index contributed by atoms with van der Waals surface area (Å²) in [5.74, 6) is 1.12. The van der Waals surface area contributed by atoms with E-state index in [2.05, 4.69) is 39.3 Å². The van der Waals surface area contributed by atoms with Gasteiger partial charge in [-0.05, 0) is 43.7 Å². The molecule has 0 fully saturated rings. The number of hydrogen-bond acceptors (Lipinski definition) is 3. The Bertz CT molecular complexity index is 875. The van der Waals surface area contributed by atoms with Gasteiger partial charge in [0.05, 0.1) is 17.1 Å². The SMILES string of the molecule is CC(C)CC(NC(=O)c1n[nH]c2c1CCC2)c1nc2ccccc2[nH]1. The highest BCUT2D eigenvalue weighted by atomic mass is 16.2. The average Bonchev–Trinajstić information content (AvgIpc) is 3.28. The predicted molar refractivity (Wildman–Crippen MR) is 96.4 cm³/mol. The van der Waals surface area contributed by atoms with Crippen molar-refractivity contribution in [3.05, 3.63) is 47.0 Å². The molecule has 0 aliphatic heterocycles. The molecule has 1 aromatic carbocycles. The van der Waals surface area contributed by atoms with Crippen molar-refractivity contribution in [2.75, 3.05) is 0 Å². The lowest BCUT2D eigenvalue weighted by atomic mass is 10.0. The predicted octanol–water partition coefficient (Wildman–Crippen LogP) is 3.29. The Balaban J connectivity index is 1.61. The molecule has 2 aromatic heterocycles. The first kappa shape index (κ1) is 15.9. The fourth-order valence-electron chi connectivity index (χ4n) is 3.58. The van der Waals surface area contributed by atoms with Gasteiger partial charge in [-0.15, -0.1) is 0 Å². The Hall–Kier alpha value is -2.63. The molecule has 3 N–H and O–H groups in total. The second kappa shape index (κ2) is 6.35. The Morgan fingerprint density at radius 2 is 2.12 bits per heavy atom. The molecule has 130 valence electrons. The lowest BCUT2D eigenvalue weighted by molar-refractivity contribution is 0.0924. The van der Waals surface area contributed by atoms with Gasteiger partial charge in [0.25, 0.3) is 5.91 Å². The molecule has 1 amide bonds. The van der Waals surface area contributed by atoms with Crippen LogP contribution in [-0.4, -0.2) is 26.1 Å². The van der Waals surface area contributed by atoms with Gasteiger partial charge in [-0.3, -0.25) is 9.89 Å². The summed E-state index contributed by atoms with van der Waals surface area (Å²) in [6, 6.07) is 7.77. The van der Waals surface area contributed by atoms with E-state index in [1.807, 2.05) is 24.3 Å². The van der Waals surface area contributed by atoms with E-state index in [4.69, 9.17) is 0 Å². The van der Waals surface area contributed by atoms with E-state index in [-0.39, 0.29) is 11.9 Å². The summed E-state index contributed by atoms with van der Waals surface area (Å²) < 4.78 is 0. The highest BCUT2D eigenvalue weighted by Gasteiger charge is 2.26. The number of para-hydroxylation sites is 2. The molecule has 0 radical (unpaired) electrons. The number of aromatic amines is 2. The molecule has 0 bridgehead atoms. The van der Waals surface area contributed by atoms with E-state index in [1.165, 1.54) is 0 Å². The lowest BCUT2D eigenvalue weighted by Crippen LogP contribution is -2.31. The van der Waals surface area contributed by atoms with Crippen molar-refractivity contribution < 1.29 is 4.79 Å². The summed E-state index contributed by atoms with van der Waals surface area (Å²) in [5.41, 5.74) is 4.62. The van der Waals surface area contributed by atoms with E-state index in [0.717, 1.165) is 53.8 Å². The Morgan fingerprint density at radius 1 is 1.28 bits per heavy atom. The summed E-state index contributed by atoms with van der Waals surface area (Å²) in [4.78, 5) is 20.8. The summed E-state index contributed by atoms with van der Waals surface area (Å²) in [6.45, 7) is 4.29. The van der Waals surface area contributed by atoms with Gasteiger partial charge in [0.1, 0.15) is 5.82 Å². The first-order valence-corrected chi connectivity index (χ1v) is 8.93. The number of hydrogen-bond donors (Lipinski definition) is 3. The Morgan fingerprint density at radius 3 is 2.92 bits per heavy atom. The number of imidazole rings is 1. The van der Waals surface area contributed by atoms with Crippen LogP contribution in [0, 0.1) is 5.92 Å². The van der Waals surface area contributed by atoms with E-state index in [9.17, 15) is 4.79 Å². The van der Waals surface area contributed by atoms with Crippen LogP contribution in [0.3, 0.4) is 0 Å². The molecule has 1 aliphatic rings. The monoisotopic (exact) mass is 337 g/mol. The standard InChI is InChI=1S/C19H23N5O/c1-11(2)10-16(18-20-14-7-3-4-8-15(14)21-18)22-19(25)17-12-6-5-9-13(12)23-24-17/h3-4,7-8,11,16H,5-6,9-10H2,1-2H3,(H,20,21)(H,22,25)(H,23,24). The zero-order valence-electron chi connectivity index (χ0n) is 14.6. The molecule has 25 heavy (non-hydrogen) atoms. The van der Waals surface area contributed by atoms with Crippen molar-refractivity contribution in [1.29, 1.82) is 0 Å².